The second kappa shape index (κ2) is 6.12. The summed E-state index contributed by atoms with van der Waals surface area (Å²) in [7, 11) is 1.69. The number of hydrogen-bond acceptors (Lipinski definition) is 1. The summed E-state index contributed by atoms with van der Waals surface area (Å²) in [4.78, 5) is 0. The van der Waals surface area contributed by atoms with Gasteiger partial charge in [0.05, 0.1) is 12.5 Å². The molecular weight excluding hydrogens is 256 g/mol. The van der Waals surface area contributed by atoms with Crippen LogP contribution in [0.3, 0.4) is 0 Å². The van der Waals surface area contributed by atoms with Gasteiger partial charge in [-0.1, -0.05) is 42.0 Å². The minimum absolute atomic E-state index is 0.00796. The summed E-state index contributed by atoms with van der Waals surface area (Å²) in [6.45, 7) is 4.14. The summed E-state index contributed by atoms with van der Waals surface area (Å²) in [6, 6.07) is 14.6. The lowest BCUT2D eigenvalue weighted by molar-refractivity contribution is 0.411. The van der Waals surface area contributed by atoms with Crippen molar-refractivity contribution in [2.24, 2.45) is 0 Å². The third-order valence-electron chi connectivity index (χ3n) is 3.28. The van der Waals surface area contributed by atoms with Gasteiger partial charge in [0.1, 0.15) is 5.75 Å². The molecule has 2 aromatic carbocycles. The fraction of sp³-hybridized carbons (Fsp3) is 0.294. The Morgan fingerprint density at radius 3 is 2.53 bits per heavy atom. The molecule has 1 unspecified atom stereocenters. The number of methoxy groups -OCH3 is 1. The molecule has 0 aromatic heterocycles. The predicted octanol–water partition coefficient (Wildman–Crippen LogP) is 4.83. The quantitative estimate of drug-likeness (QED) is 0.725. The van der Waals surface area contributed by atoms with Crippen LogP contribution in [0.15, 0.2) is 42.5 Å². The molecule has 1 atom stereocenters. The van der Waals surface area contributed by atoms with Crippen LogP contribution in [0, 0.1) is 13.8 Å². The van der Waals surface area contributed by atoms with Crippen molar-refractivity contribution in [1.29, 1.82) is 0 Å². The first-order valence-electron chi connectivity index (χ1n) is 6.44. The molecular formula is C17H19ClO. The Morgan fingerprint density at radius 1 is 1.11 bits per heavy atom. The van der Waals surface area contributed by atoms with Gasteiger partial charge in [-0.05, 0) is 43.0 Å². The zero-order valence-electron chi connectivity index (χ0n) is 11.6. The van der Waals surface area contributed by atoms with Crippen molar-refractivity contribution >= 4 is 11.6 Å². The van der Waals surface area contributed by atoms with Gasteiger partial charge in [0.25, 0.3) is 0 Å². The molecule has 0 radical (unpaired) electrons. The van der Waals surface area contributed by atoms with Crippen molar-refractivity contribution in [3.63, 3.8) is 0 Å². The Balaban J connectivity index is 2.15. The van der Waals surface area contributed by atoms with E-state index in [2.05, 4.69) is 37.3 Å². The zero-order chi connectivity index (χ0) is 13.8. The minimum Gasteiger partial charge on any atom is -0.496 e. The average Bonchev–Trinajstić information content (AvgIpc) is 2.38. The van der Waals surface area contributed by atoms with Crippen molar-refractivity contribution in [2.45, 2.75) is 25.6 Å². The number of hydrogen-bond donors (Lipinski definition) is 0. The summed E-state index contributed by atoms with van der Waals surface area (Å²) in [5.41, 5.74) is 4.80. The summed E-state index contributed by atoms with van der Waals surface area (Å²) >= 11 is 6.52. The maximum Gasteiger partial charge on any atom is 0.121 e. The second-order valence-corrected chi connectivity index (χ2v) is 5.42. The highest BCUT2D eigenvalue weighted by Gasteiger charge is 2.10. The summed E-state index contributed by atoms with van der Waals surface area (Å²) in [5.74, 6) is 0.906. The van der Waals surface area contributed by atoms with Gasteiger partial charge < -0.3 is 4.74 Å². The van der Waals surface area contributed by atoms with Crippen molar-refractivity contribution in [3.8, 4) is 5.75 Å². The first-order chi connectivity index (χ1) is 9.10. The second-order valence-electron chi connectivity index (χ2n) is 4.89. The van der Waals surface area contributed by atoms with E-state index >= 15 is 0 Å². The van der Waals surface area contributed by atoms with Crippen LogP contribution in [0.2, 0.25) is 0 Å². The molecule has 0 aliphatic rings. The zero-order valence-corrected chi connectivity index (χ0v) is 12.4. The SMILES string of the molecule is COc1ccc(C(Cl)Cc2cccc(C)c2)cc1C. The van der Waals surface area contributed by atoms with E-state index in [0.29, 0.717) is 0 Å². The number of benzene rings is 2. The van der Waals surface area contributed by atoms with Gasteiger partial charge in [0.2, 0.25) is 0 Å². The number of ether oxygens (including phenoxy) is 1. The van der Waals surface area contributed by atoms with Crippen LogP contribution < -0.4 is 4.74 Å². The van der Waals surface area contributed by atoms with Gasteiger partial charge in [-0.25, -0.2) is 0 Å². The van der Waals surface area contributed by atoms with Crippen molar-refractivity contribution in [2.75, 3.05) is 7.11 Å². The van der Waals surface area contributed by atoms with E-state index in [1.54, 1.807) is 7.11 Å². The Hall–Kier alpha value is -1.47. The van der Waals surface area contributed by atoms with Crippen molar-refractivity contribution < 1.29 is 4.74 Å². The van der Waals surface area contributed by atoms with Gasteiger partial charge in [-0.15, -0.1) is 11.6 Å². The molecule has 2 rings (SSSR count). The van der Waals surface area contributed by atoms with Crippen LogP contribution in [0.1, 0.15) is 27.6 Å². The van der Waals surface area contributed by atoms with E-state index in [0.717, 1.165) is 23.3 Å². The number of halogens is 1. The molecule has 0 aliphatic heterocycles. The monoisotopic (exact) mass is 274 g/mol. The average molecular weight is 275 g/mol. The van der Waals surface area contributed by atoms with Crippen molar-refractivity contribution in [1.82, 2.24) is 0 Å². The van der Waals surface area contributed by atoms with Crippen molar-refractivity contribution in [3.05, 3.63) is 64.7 Å². The number of aryl methyl sites for hydroxylation is 2. The highest BCUT2D eigenvalue weighted by atomic mass is 35.5. The predicted molar refractivity (Wildman–Crippen MR) is 81.2 cm³/mol. The number of rotatable bonds is 4. The Labute approximate surface area is 120 Å². The van der Waals surface area contributed by atoms with Crippen LogP contribution in [-0.4, -0.2) is 7.11 Å². The summed E-state index contributed by atoms with van der Waals surface area (Å²) in [6.07, 6.45) is 0.842. The third kappa shape index (κ3) is 3.51. The highest BCUT2D eigenvalue weighted by Crippen LogP contribution is 2.29. The van der Waals surface area contributed by atoms with Crippen LogP contribution >= 0.6 is 11.6 Å². The lowest BCUT2D eigenvalue weighted by Crippen LogP contribution is -1.98. The van der Waals surface area contributed by atoms with Gasteiger partial charge in [-0.2, -0.15) is 0 Å². The molecule has 19 heavy (non-hydrogen) atoms. The van der Waals surface area contributed by atoms with E-state index < -0.39 is 0 Å². The smallest absolute Gasteiger partial charge is 0.121 e. The maximum atomic E-state index is 6.52. The number of alkyl halides is 1. The first-order valence-corrected chi connectivity index (χ1v) is 6.88. The topological polar surface area (TPSA) is 9.23 Å². The lowest BCUT2D eigenvalue weighted by Gasteiger charge is -2.13. The molecule has 0 spiro atoms. The fourth-order valence-corrected chi connectivity index (χ4v) is 2.57. The van der Waals surface area contributed by atoms with E-state index in [-0.39, 0.29) is 5.38 Å². The largest absolute Gasteiger partial charge is 0.496 e. The van der Waals surface area contributed by atoms with Crippen LogP contribution in [0.25, 0.3) is 0 Å². The van der Waals surface area contributed by atoms with Crippen LogP contribution in [0.5, 0.6) is 5.75 Å². The normalized spacial score (nSPS) is 12.2. The van der Waals surface area contributed by atoms with E-state index in [1.165, 1.54) is 11.1 Å². The third-order valence-corrected chi connectivity index (χ3v) is 3.68. The van der Waals surface area contributed by atoms with E-state index in [1.807, 2.05) is 19.1 Å². The molecule has 0 fully saturated rings. The lowest BCUT2D eigenvalue weighted by atomic mass is 10.0. The molecule has 1 nitrogen and oxygen atoms in total. The minimum atomic E-state index is -0.00796. The van der Waals surface area contributed by atoms with E-state index in [9.17, 15) is 0 Å². The van der Waals surface area contributed by atoms with Gasteiger partial charge in [0.15, 0.2) is 0 Å². The highest BCUT2D eigenvalue weighted by molar-refractivity contribution is 6.20. The van der Waals surface area contributed by atoms with Crippen LogP contribution in [0.4, 0.5) is 0 Å². The Kier molecular flexibility index (Phi) is 4.49. The molecule has 2 heteroatoms. The molecule has 0 heterocycles. The maximum absolute atomic E-state index is 6.52. The molecule has 100 valence electrons. The van der Waals surface area contributed by atoms with Crippen LogP contribution in [-0.2, 0) is 6.42 Å². The Morgan fingerprint density at radius 2 is 1.89 bits per heavy atom. The molecule has 0 aliphatic carbocycles. The molecule has 0 amide bonds. The Bertz CT molecular complexity index is 563. The molecule has 2 aromatic rings. The van der Waals surface area contributed by atoms with Gasteiger partial charge >= 0.3 is 0 Å². The molecule has 0 bridgehead atoms. The standard InChI is InChI=1S/C17H19ClO/c1-12-5-4-6-14(9-12)11-16(18)15-7-8-17(19-3)13(2)10-15/h4-10,16H,11H2,1-3H3. The van der Waals surface area contributed by atoms with Gasteiger partial charge in [0, 0.05) is 0 Å². The molecule has 0 saturated carbocycles. The molecule has 0 saturated heterocycles. The van der Waals surface area contributed by atoms with E-state index in [4.69, 9.17) is 16.3 Å². The summed E-state index contributed by atoms with van der Waals surface area (Å²) < 4.78 is 5.27. The molecule has 0 N–H and O–H groups in total. The summed E-state index contributed by atoms with van der Waals surface area (Å²) in [5, 5.41) is -0.00796. The fourth-order valence-electron chi connectivity index (χ4n) is 2.26. The van der Waals surface area contributed by atoms with Gasteiger partial charge in [-0.3, -0.25) is 0 Å². The first kappa shape index (κ1) is 14.0.